The number of nitrogens with zero attached hydrogens (tertiary/aromatic N) is 3. The van der Waals surface area contributed by atoms with Crippen LogP contribution in [0.3, 0.4) is 0 Å². The first-order valence-electron chi connectivity index (χ1n) is 9.55. The van der Waals surface area contributed by atoms with E-state index in [4.69, 9.17) is 0 Å². The van der Waals surface area contributed by atoms with Crippen molar-refractivity contribution in [2.24, 2.45) is 5.92 Å². The second kappa shape index (κ2) is 7.95. The van der Waals surface area contributed by atoms with Crippen molar-refractivity contribution >= 4 is 5.91 Å². The Kier molecular flexibility index (Phi) is 5.94. The highest BCUT2D eigenvalue weighted by Gasteiger charge is 2.36. The zero-order valence-electron chi connectivity index (χ0n) is 14.6. The van der Waals surface area contributed by atoms with Gasteiger partial charge in [0.15, 0.2) is 0 Å². The van der Waals surface area contributed by atoms with E-state index < -0.39 is 0 Å². The van der Waals surface area contributed by atoms with Gasteiger partial charge in [-0.05, 0) is 38.5 Å². The van der Waals surface area contributed by atoms with Crippen molar-refractivity contribution in [3.63, 3.8) is 0 Å². The van der Waals surface area contributed by atoms with Crippen molar-refractivity contribution in [2.45, 2.75) is 57.6 Å². The largest absolute Gasteiger partial charge is 0.392 e. The molecule has 0 spiro atoms. The van der Waals surface area contributed by atoms with Crippen LogP contribution in [0.1, 0.15) is 45.4 Å². The molecule has 0 aromatic heterocycles. The van der Waals surface area contributed by atoms with E-state index in [0.29, 0.717) is 18.5 Å². The minimum Gasteiger partial charge on any atom is -0.392 e. The molecule has 3 aliphatic rings. The molecular weight excluding hydrogens is 290 g/mol. The normalized spacial score (nSPS) is 31.7. The van der Waals surface area contributed by atoms with Crippen LogP contribution in [0.4, 0.5) is 0 Å². The van der Waals surface area contributed by atoms with Gasteiger partial charge in [0.2, 0.25) is 5.91 Å². The molecule has 2 heterocycles. The fraction of sp³-hybridized carbons (Fsp3) is 0.944. The Balaban J connectivity index is 1.47. The number of hydrogen-bond donors (Lipinski definition) is 1. The first-order chi connectivity index (χ1) is 11.1. The summed E-state index contributed by atoms with van der Waals surface area (Å²) in [5.74, 6) is 1.12. The van der Waals surface area contributed by atoms with Crippen LogP contribution in [0.5, 0.6) is 0 Å². The Labute approximate surface area is 140 Å². The number of likely N-dealkylation sites (tertiary alicyclic amines) is 1. The molecule has 3 atom stereocenters. The highest BCUT2D eigenvalue weighted by atomic mass is 16.3. The van der Waals surface area contributed by atoms with Gasteiger partial charge in [0, 0.05) is 45.3 Å². The molecule has 0 radical (unpaired) electrons. The molecule has 0 bridgehead atoms. The van der Waals surface area contributed by atoms with Gasteiger partial charge >= 0.3 is 0 Å². The number of carbonyl (C=O) groups excluding carboxylic acids is 1. The highest BCUT2D eigenvalue weighted by molar-refractivity contribution is 5.78. The molecule has 5 heteroatoms. The lowest BCUT2D eigenvalue weighted by Crippen LogP contribution is -2.55. The molecule has 0 aromatic carbocycles. The molecule has 3 unspecified atom stereocenters. The number of piperazine rings is 1. The van der Waals surface area contributed by atoms with E-state index >= 15 is 0 Å². The van der Waals surface area contributed by atoms with Crippen LogP contribution in [-0.4, -0.2) is 83.7 Å². The maximum atomic E-state index is 12.8. The average Bonchev–Trinajstić information content (AvgIpc) is 2.55. The van der Waals surface area contributed by atoms with Crippen LogP contribution in [0.25, 0.3) is 0 Å². The number of rotatable bonds is 4. The second-order valence-electron chi connectivity index (χ2n) is 7.77. The first-order valence-corrected chi connectivity index (χ1v) is 9.55. The van der Waals surface area contributed by atoms with E-state index in [1.165, 1.54) is 38.5 Å². The highest BCUT2D eigenvalue weighted by Crippen LogP contribution is 2.35. The number of hydrogen-bond acceptors (Lipinski definition) is 4. The number of aliphatic hydroxyl groups is 1. The molecule has 132 valence electrons. The minimum atomic E-state index is -0.264. The summed E-state index contributed by atoms with van der Waals surface area (Å²) in [7, 11) is 0. The van der Waals surface area contributed by atoms with E-state index in [1.807, 2.05) is 6.92 Å². The molecule has 1 amide bonds. The maximum Gasteiger partial charge on any atom is 0.237 e. The molecule has 3 fully saturated rings. The molecule has 3 rings (SSSR count). The van der Waals surface area contributed by atoms with Gasteiger partial charge in [-0.3, -0.25) is 14.6 Å². The van der Waals surface area contributed by atoms with Gasteiger partial charge in [0.25, 0.3) is 0 Å². The van der Waals surface area contributed by atoms with Crippen molar-refractivity contribution < 1.29 is 9.90 Å². The summed E-state index contributed by atoms with van der Waals surface area (Å²) >= 11 is 0. The summed E-state index contributed by atoms with van der Waals surface area (Å²) in [4.78, 5) is 19.6. The number of aliphatic hydroxyl groups excluding tert-OH is 1. The summed E-state index contributed by atoms with van der Waals surface area (Å²) in [5, 5.41) is 9.48. The summed E-state index contributed by atoms with van der Waals surface area (Å²) in [6, 6.07) is 0.529. The number of amides is 1. The third-order valence-corrected chi connectivity index (χ3v) is 5.91. The Morgan fingerprint density at radius 1 is 1.00 bits per heavy atom. The van der Waals surface area contributed by atoms with Crippen molar-refractivity contribution in [1.29, 1.82) is 0 Å². The van der Waals surface area contributed by atoms with Crippen molar-refractivity contribution in [2.75, 3.05) is 45.8 Å². The van der Waals surface area contributed by atoms with E-state index in [9.17, 15) is 9.90 Å². The fourth-order valence-corrected chi connectivity index (χ4v) is 4.72. The van der Waals surface area contributed by atoms with Crippen LogP contribution in [0, 0.1) is 5.92 Å². The van der Waals surface area contributed by atoms with E-state index in [0.717, 1.165) is 45.2 Å². The summed E-state index contributed by atoms with van der Waals surface area (Å²) < 4.78 is 0. The molecule has 5 nitrogen and oxygen atoms in total. The van der Waals surface area contributed by atoms with E-state index in [-0.39, 0.29) is 6.10 Å². The van der Waals surface area contributed by atoms with Crippen LogP contribution >= 0.6 is 0 Å². The Morgan fingerprint density at radius 2 is 1.65 bits per heavy atom. The quantitative estimate of drug-likeness (QED) is 0.844. The smallest absolute Gasteiger partial charge is 0.237 e. The molecule has 1 saturated carbocycles. The van der Waals surface area contributed by atoms with Crippen LogP contribution in [-0.2, 0) is 4.79 Å². The topological polar surface area (TPSA) is 47.0 Å². The lowest BCUT2D eigenvalue weighted by Gasteiger charge is -2.45. The van der Waals surface area contributed by atoms with Gasteiger partial charge in [-0.2, -0.15) is 0 Å². The number of piperidine rings is 1. The predicted molar refractivity (Wildman–Crippen MR) is 91.3 cm³/mol. The standard InChI is InChI=1S/C18H33N3O2/c1-15(22)13-19-9-11-20(12-10-19)14-18(23)21-8-4-6-16-5-2-3-7-17(16)21/h15-17,22H,2-14H2,1H3. The Hall–Kier alpha value is -0.650. The number of fused-ring (bicyclic) bond motifs is 1. The fourth-order valence-electron chi connectivity index (χ4n) is 4.72. The minimum absolute atomic E-state index is 0.264. The Morgan fingerprint density at radius 3 is 2.39 bits per heavy atom. The molecule has 1 N–H and O–H groups in total. The van der Waals surface area contributed by atoms with Crippen LogP contribution < -0.4 is 0 Å². The molecule has 2 aliphatic heterocycles. The predicted octanol–water partition coefficient (Wildman–Crippen LogP) is 1.17. The van der Waals surface area contributed by atoms with Gasteiger partial charge in [0.1, 0.15) is 0 Å². The van der Waals surface area contributed by atoms with Gasteiger partial charge in [-0.1, -0.05) is 12.8 Å². The van der Waals surface area contributed by atoms with Crippen LogP contribution in [0.15, 0.2) is 0 Å². The average molecular weight is 323 g/mol. The first kappa shape index (κ1) is 17.2. The van der Waals surface area contributed by atoms with Crippen LogP contribution in [0.2, 0.25) is 0 Å². The summed E-state index contributed by atoms with van der Waals surface area (Å²) in [5.41, 5.74) is 0. The van der Waals surface area contributed by atoms with Crippen molar-refractivity contribution in [3.8, 4) is 0 Å². The van der Waals surface area contributed by atoms with Crippen molar-refractivity contribution in [1.82, 2.24) is 14.7 Å². The van der Waals surface area contributed by atoms with Gasteiger partial charge < -0.3 is 10.0 Å². The van der Waals surface area contributed by atoms with Gasteiger partial charge in [-0.25, -0.2) is 0 Å². The third kappa shape index (κ3) is 4.46. The lowest BCUT2D eigenvalue weighted by molar-refractivity contribution is -0.139. The maximum absolute atomic E-state index is 12.8. The van der Waals surface area contributed by atoms with Crippen molar-refractivity contribution in [3.05, 3.63) is 0 Å². The molecule has 23 heavy (non-hydrogen) atoms. The van der Waals surface area contributed by atoms with Gasteiger partial charge in [0.05, 0.1) is 12.6 Å². The lowest BCUT2D eigenvalue weighted by atomic mass is 9.78. The zero-order valence-corrected chi connectivity index (χ0v) is 14.6. The number of carbonyl (C=O) groups is 1. The molecule has 2 saturated heterocycles. The number of β-amino-alcohol motifs (C(OH)–C–C–N with tert-alkyl or cyclic N) is 1. The Bertz CT molecular complexity index is 392. The molecule has 1 aliphatic carbocycles. The summed E-state index contributed by atoms with van der Waals surface area (Å²) in [6.45, 7) is 7.97. The van der Waals surface area contributed by atoms with E-state index in [2.05, 4.69) is 14.7 Å². The third-order valence-electron chi connectivity index (χ3n) is 5.91. The van der Waals surface area contributed by atoms with Gasteiger partial charge in [-0.15, -0.1) is 0 Å². The SMILES string of the molecule is CC(O)CN1CCN(CC(=O)N2CCCC3CCCCC32)CC1. The van der Waals surface area contributed by atoms with E-state index in [1.54, 1.807) is 0 Å². The summed E-state index contributed by atoms with van der Waals surface area (Å²) in [6.07, 6.45) is 7.45. The molecular formula is C18H33N3O2. The molecule has 0 aromatic rings. The second-order valence-corrected chi connectivity index (χ2v) is 7.77. The monoisotopic (exact) mass is 323 g/mol. The zero-order chi connectivity index (χ0) is 16.2.